The van der Waals surface area contributed by atoms with Crippen LogP contribution >= 0.6 is 11.8 Å². The van der Waals surface area contributed by atoms with Gasteiger partial charge in [0.2, 0.25) is 5.16 Å². The summed E-state index contributed by atoms with van der Waals surface area (Å²) < 4.78 is 35.4. The lowest BCUT2D eigenvalue weighted by molar-refractivity contribution is -0.133. The molecule has 2 heterocycles. The van der Waals surface area contributed by atoms with Crippen molar-refractivity contribution in [1.82, 2.24) is 14.9 Å². The van der Waals surface area contributed by atoms with Gasteiger partial charge in [0.1, 0.15) is 11.5 Å². The van der Waals surface area contributed by atoms with Gasteiger partial charge in [0.15, 0.2) is 5.82 Å². The number of nitrogens with zero attached hydrogens (tertiary/aromatic N) is 4. The summed E-state index contributed by atoms with van der Waals surface area (Å²) in [7, 11) is 0. The summed E-state index contributed by atoms with van der Waals surface area (Å²) in [4.78, 5) is 10.9. The van der Waals surface area contributed by atoms with Gasteiger partial charge in [0.25, 0.3) is 0 Å². The molecule has 0 aliphatic rings. The minimum Gasteiger partial charge on any atom is -0.481 e. The molecule has 0 amide bonds. The summed E-state index contributed by atoms with van der Waals surface area (Å²) in [5.74, 6) is -0.194. The summed E-state index contributed by atoms with van der Waals surface area (Å²) in [5, 5.41) is 21.6. The predicted octanol–water partition coefficient (Wildman–Crippen LogP) is 3.51. The Morgan fingerprint density at radius 3 is 2.71 bits per heavy atom. The number of rotatable bonds is 8. The van der Waals surface area contributed by atoms with Gasteiger partial charge in [0.05, 0.1) is 23.8 Å². The molecular weight excluding hydrogens is 394 g/mol. The fourth-order valence-corrected chi connectivity index (χ4v) is 2.84. The maximum absolute atomic E-state index is 12.2. The van der Waals surface area contributed by atoms with Gasteiger partial charge in [-0.05, 0) is 42.8 Å². The Balaban J connectivity index is 1.90. The first-order chi connectivity index (χ1) is 13.4. The van der Waals surface area contributed by atoms with Crippen molar-refractivity contribution in [3.8, 4) is 17.1 Å². The van der Waals surface area contributed by atoms with Crippen molar-refractivity contribution in [2.24, 2.45) is 5.10 Å². The molecule has 0 unspecified atom stereocenters. The first-order valence-corrected chi connectivity index (χ1v) is 8.86. The lowest BCUT2D eigenvalue weighted by Crippen LogP contribution is -2.02. The highest BCUT2D eigenvalue weighted by atomic mass is 32.2. The van der Waals surface area contributed by atoms with Crippen LogP contribution in [-0.4, -0.2) is 44.5 Å². The molecular formula is C17H14F2N4O4S. The van der Waals surface area contributed by atoms with Gasteiger partial charge in [-0.3, -0.25) is 4.79 Å². The van der Waals surface area contributed by atoms with E-state index in [0.717, 1.165) is 11.8 Å². The van der Waals surface area contributed by atoms with E-state index < -0.39 is 12.6 Å². The van der Waals surface area contributed by atoms with Crippen LogP contribution in [0.25, 0.3) is 11.4 Å². The number of furan rings is 1. The summed E-state index contributed by atoms with van der Waals surface area (Å²) >= 11 is 0.966. The molecule has 3 aromatic rings. The lowest BCUT2D eigenvalue weighted by Gasteiger charge is -2.05. The van der Waals surface area contributed by atoms with Gasteiger partial charge >= 0.3 is 12.6 Å². The molecule has 0 bridgehead atoms. The third-order valence-corrected chi connectivity index (χ3v) is 4.37. The molecule has 0 fully saturated rings. The van der Waals surface area contributed by atoms with Crippen molar-refractivity contribution in [3.05, 3.63) is 47.9 Å². The number of thioether (sulfide) groups is 1. The van der Waals surface area contributed by atoms with Crippen molar-refractivity contribution in [1.29, 1.82) is 0 Å². The van der Waals surface area contributed by atoms with Crippen molar-refractivity contribution >= 4 is 23.9 Å². The monoisotopic (exact) mass is 408 g/mol. The number of ether oxygens (including phenoxy) is 1. The van der Waals surface area contributed by atoms with E-state index >= 15 is 0 Å². The fraction of sp³-hybridized carbons (Fsp3) is 0.176. The zero-order chi connectivity index (χ0) is 20.1. The Morgan fingerprint density at radius 1 is 1.36 bits per heavy atom. The van der Waals surface area contributed by atoms with Crippen molar-refractivity contribution in [3.63, 3.8) is 0 Å². The average molecular weight is 408 g/mol. The number of carbonyl (C=O) groups is 1. The van der Waals surface area contributed by atoms with Crippen LogP contribution in [0.15, 0.2) is 51.3 Å². The quantitative estimate of drug-likeness (QED) is 0.449. The smallest absolute Gasteiger partial charge is 0.387 e. The van der Waals surface area contributed by atoms with E-state index in [0.29, 0.717) is 22.7 Å². The van der Waals surface area contributed by atoms with Crippen LogP contribution in [-0.2, 0) is 4.79 Å². The van der Waals surface area contributed by atoms with Crippen LogP contribution in [0, 0.1) is 6.92 Å². The third-order valence-electron chi connectivity index (χ3n) is 3.46. The second-order valence-electron chi connectivity index (χ2n) is 5.38. The fourth-order valence-electron chi connectivity index (χ4n) is 2.23. The topological polar surface area (TPSA) is 103 Å². The lowest BCUT2D eigenvalue weighted by atomic mass is 10.2. The molecule has 3 rings (SSSR count). The van der Waals surface area contributed by atoms with Gasteiger partial charge in [-0.2, -0.15) is 18.6 Å². The highest BCUT2D eigenvalue weighted by molar-refractivity contribution is 7.99. The van der Waals surface area contributed by atoms with Gasteiger partial charge < -0.3 is 14.3 Å². The molecule has 28 heavy (non-hydrogen) atoms. The Morgan fingerprint density at radius 2 is 2.11 bits per heavy atom. The normalized spacial score (nSPS) is 11.4. The van der Waals surface area contributed by atoms with E-state index in [-0.39, 0.29) is 16.7 Å². The molecule has 0 saturated heterocycles. The minimum absolute atomic E-state index is 0.0314. The van der Waals surface area contributed by atoms with Gasteiger partial charge in [-0.15, -0.1) is 10.2 Å². The van der Waals surface area contributed by atoms with Crippen LogP contribution in [0.1, 0.15) is 11.3 Å². The first kappa shape index (κ1) is 19.5. The van der Waals surface area contributed by atoms with Gasteiger partial charge in [0, 0.05) is 0 Å². The average Bonchev–Trinajstić information content (AvgIpc) is 3.24. The standard InChI is InChI=1S/C17H14F2N4O4S/c1-10-13(6-7-26-10)15-21-22-17(28-9-14(24)25)23(15)20-8-11-2-4-12(5-3-11)27-16(18)19/h2-8,16H,9H2,1H3,(H,24,25)/b20-8-. The second kappa shape index (κ2) is 8.65. The molecule has 0 aliphatic carbocycles. The molecule has 8 nitrogen and oxygen atoms in total. The van der Waals surface area contributed by atoms with Crippen molar-refractivity contribution < 1.29 is 27.8 Å². The number of aromatic nitrogens is 3. The zero-order valence-corrected chi connectivity index (χ0v) is 15.3. The van der Waals surface area contributed by atoms with E-state index in [1.54, 1.807) is 25.1 Å². The highest BCUT2D eigenvalue weighted by Gasteiger charge is 2.18. The molecule has 0 aliphatic heterocycles. The second-order valence-corrected chi connectivity index (χ2v) is 6.33. The molecule has 2 aromatic heterocycles. The Hall–Kier alpha value is -3.21. The number of hydrogen-bond acceptors (Lipinski definition) is 7. The maximum atomic E-state index is 12.2. The summed E-state index contributed by atoms with van der Waals surface area (Å²) in [5.41, 5.74) is 1.27. The van der Waals surface area contributed by atoms with Gasteiger partial charge in [-0.25, -0.2) is 0 Å². The van der Waals surface area contributed by atoms with Crippen LogP contribution in [0.3, 0.4) is 0 Å². The SMILES string of the molecule is Cc1occc1-c1nnc(SCC(=O)O)n1/N=C\c1ccc(OC(F)F)cc1. The molecule has 1 aromatic carbocycles. The Bertz CT molecular complexity index is 985. The molecule has 146 valence electrons. The van der Waals surface area contributed by atoms with Crippen molar-refractivity contribution in [2.45, 2.75) is 18.7 Å². The molecule has 0 saturated carbocycles. The number of aryl methyl sites for hydroxylation is 1. The summed E-state index contributed by atoms with van der Waals surface area (Å²) in [6, 6.07) is 7.59. The molecule has 0 atom stereocenters. The van der Waals surface area contributed by atoms with E-state index in [1.807, 2.05) is 0 Å². The van der Waals surface area contributed by atoms with Crippen LogP contribution in [0.4, 0.5) is 8.78 Å². The number of benzene rings is 1. The summed E-state index contributed by atoms with van der Waals surface area (Å²) in [6.07, 6.45) is 2.97. The molecule has 1 N–H and O–H groups in total. The zero-order valence-electron chi connectivity index (χ0n) is 14.5. The van der Waals surface area contributed by atoms with Crippen LogP contribution in [0.5, 0.6) is 5.75 Å². The minimum atomic E-state index is -2.90. The maximum Gasteiger partial charge on any atom is 0.387 e. The van der Waals surface area contributed by atoms with E-state index in [2.05, 4.69) is 20.0 Å². The molecule has 0 spiro atoms. The van der Waals surface area contributed by atoms with E-state index in [4.69, 9.17) is 9.52 Å². The first-order valence-electron chi connectivity index (χ1n) is 7.87. The highest BCUT2D eigenvalue weighted by Crippen LogP contribution is 2.27. The molecule has 0 radical (unpaired) electrons. The summed E-state index contributed by atoms with van der Waals surface area (Å²) in [6.45, 7) is -1.14. The third kappa shape index (κ3) is 4.74. The number of carboxylic acids is 1. The van der Waals surface area contributed by atoms with Gasteiger partial charge in [-0.1, -0.05) is 11.8 Å². The van der Waals surface area contributed by atoms with E-state index in [9.17, 15) is 13.6 Å². The Kier molecular flexibility index (Phi) is 6.04. The number of halogens is 2. The van der Waals surface area contributed by atoms with Crippen molar-refractivity contribution in [2.75, 3.05) is 5.75 Å². The number of aliphatic carboxylic acids is 1. The predicted molar refractivity (Wildman–Crippen MR) is 96.9 cm³/mol. The largest absolute Gasteiger partial charge is 0.481 e. The number of hydrogen-bond donors (Lipinski definition) is 1. The van der Waals surface area contributed by atoms with Crippen LogP contribution in [0.2, 0.25) is 0 Å². The molecule has 11 heteroatoms. The van der Waals surface area contributed by atoms with E-state index in [1.165, 1.54) is 29.3 Å². The Labute approximate surface area is 161 Å². The number of carboxylic acid groups (broad SMARTS) is 1. The number of alkyl halides is 2. The van der Waals surface area contributed by atoms with Crippen LogP contribution < -0.4 is 4.74 Å².